The number of hydrogen-bond donors (Lipinski definition) is 3. The second-order valence-corrected chi connectivity index (χ2v) is 7.28. The number of aromatic amines is 1. The number of nitrogens with one attached hydrogen (secondary N) is 3. The second-order valence-electron chi connectivity index (χ2n) is 7.28. The summed E-state index contributed by atoms with van der Waals surface area (Å²) in [7, 11) is 0. The highest BCUT2D eigenvalue weighted by Gasteiger charge is 2.27. The summed E-state index contributed by atoms with van der Waals surface area (Å²) in [5.41, 5.74) is 4.91. The lowest BCUT2D eigenvalue weighted by molar-refractivity contribution is -0.120. The maximum absolute atomic E-state index is 12.7. The number of nitrogens with zero attached hydrogens (tertiary/aromatic N) is 1. The van der Waals surface area contributed by atoms with E-state index < -0.39 is 0 Å². The van der Waals surface area contributed by atoms with E-state index in [4.69, 9.17) is 4.74 Å². The number of aromatic nitrogens is 2. The van der Waals surface area contributed by atoms with Crippen LogP contribution < -0.4 is 10.6 Å². The minimum atomic E-state index is -0.296. The maximum Gasteiger partial charge on any atom is 0.251 e. The molecular formula is C24H24N4O3. The Hall–Kier alpha value is -3.71. The van der Waals surface area contributed by atoms with Gasteiger partial charge >= 0.3 is 0 Å². The molecule has 0 unspecified atom stereocenters. The first-order chi connectivity index (χ1) is 15.2. The first-order valence-electron chi connectivity index (χ1n) is 10.2. The molecule has 0 bridgehead atoms. The Bertz CT molecular complexity index is 1110. The molecule has 31 heavy (non-hydrogen) atoms. The van der Waals surface area contributed by atoms with Crippen molar-refractivity contribution in [2.24, 2.45) is 0 Å². The van der Waals surface area contributed by atoms with E-state index in [1.54, 1.807) is 18.3 Å². The number of aryl methyl sites for hydroxylation is 1. The van der Waals surface area contributed by atoms with Crippen LogP contribution in [0.15, 0.2) is 61.3 Å². The Labute approximate surface area is 180 Å². The molecule has 0 saturated carbocycles. The van der Waals surface area contributed by atoms with Crippen molar-refractivity contribution in [2.45, 2.75) is 19.3 Å². The van der Waals surface area contributed by atoms with E-state index in [1.807, 2.05) is 36.4 Å². The van der Waals surface area contributed by atoms with Gasteiger partial charge in [-0.25, -0.2) is 4.98 Å². The number of anilines is 3. The average molecular weight is 416 g/mol. The van der Waals surface area contributed by atoms with E-state index in [1.165, 1.54) is 0 Å². The number of fused-ring (bicyclic) bond motifs is 1. The number of para-hydroxylation sites is 1. The molecule has 2 aromatic heterocycles. The first kappa shape index (κ1) is 20.6. The zero-order valence-electron chi connectivity index (χ0n) is 17.1. The lowest BCUT2D eigenvalue weighted by Crippen LogP contribution is -2.19. The number of pyridine rings is 1. The summed E-state index contributed by atoms with van der Waals surface area (Å²) >= 11 is 0. The summed E-state index contributed by atoms with van der Waals surface area (Å²) in [5.74, 6) is 0.244. The molecule has 1 amide bonds. The predicted molar refractivity (Wildman–Crippen MR) is 121 cm³/mol. The fourth-order valence-corrected chi connectivity index (χ4v) is 3.67. The number of benzene rings is 1. The molecule has 3 aromatic rings. The lowest BCUT2D eigenvalue weighted by atomic mass is 9.95. The second kappa shape index (κ2) is 9.40. The van der Waals surface area contributed by atoms with Crippen molar-refractivity contribution in [3.63, 3.8) is 0 Å². The van der Waals surface area contributed by atoms with Gasteiger partial charge in [0.05, 0.1) is 23.6 Å². The maximum atomic E-state index is 12.7. The van der Waals surface area contributed by atoms with Gasteiger partial charge in [0.1, 0.15) is 12.4 Å². The summed E-state index contributed by atoms with van der Waals surface area (Å²) in [4.78, 5) is 32.5. The van der Waals surface area contributed by atoms with Gasteiger partial charge in [-0.15, -0.1) is 6.58 Å². The van der Waals surface area contributed by atoms with E-state index in [0.717, 1.165) is 41.2 Å². The Morgan fingerprint density at radius 3 is 2.87 bits per heavy atom. The molecule has 1 aromatic carbocycles. The molecule has 0 fully saturated rings. The topological polar surface area (TPSA) is 96.1 Å². The van der Waals surface area contributed by atoms with Gasteiger partial charge < -0.3 is 20.4 Å². The van der Waals surface area contributed by atoms with Crippen LogP contribution in [0.4, 0.5) is 17.2 Å². The summed E-state index contributed by atoms with van der Waals surface area (Å²) in [5, 5.41) is 6.15. The Balaban J connectivity index is 1.67. The van der Waals surface area contributed by atoms with E-state index in [0.29, 0.717) is 24.4 Å². The molecule has 7 nitrogen and oxygen atoms in total. The standard InChI is InChI=1S/C24H24N4O3/c1-2-13-31-15-21(30)28-20-14-16(11-12-25-20)23-24(26-17-7-4-3-5-8-17)22-18(27-23)9-6-10-19(22)29/h2-5,7-8,11-12,14,26-27H,1,6,9-10,13,15H2,(H,25,28,30). The number of H-pyrrole nitrogens is 1. The fourth-order valence-electron chi connectivity index (χ4n) is 3.67. The van der Waals surface area contributed by atoms with Crippen molar-refractivity contribution in [3.8, 4) is 11.3 Å². The van der Waals surface area contributed by atoms with Crippen molar-refractivity contribution < 1.29 is 14.3 Å². The average Bonchev–Trinajstić information content (AvgIpc) is 3.14. The minimum absolute atomic E-state index is 0.0793. The van der Waals surface area contributed by atoms with Crippen LogP contribution in [0.1, 0.15) is 28.9 Å². The zero-order chi connectivity index (χ0) is 21.6. The Morgan fingerprint density at radius 1 is 1.23 bits per heavy atom. The molecule has 1 aliphatic carbocycles. The van der Waals surface area contributed by atoms with Gasteiger partial charge in [0.25, 0.3) is 5.91 Å². The van der Waals surface area contributed by atoms with Crippen LogP contribution in [-0.2, 0) is 16.0 Å². The van der Waals surface area contributed by atoms with Crippen LogP contribution in [0.2, 0.25) is 0 Å². The van der Waals surface area contributed by atoms with Gasteiger partial charge in [0.2, 0.25) is 0 Å². The van der Waals surface area contributed by atoms with Crippen LogP contribution in [0.5, 0.6) is 0 Å². The fraction of sp³-hybridized carbons (Fsp3) is 0.208. The van der Waals surface area contributed by atoms with E-state index in [-0.39, 0.29) is 18.3 Å². The molecule has 0 atom stereocenters. The van der Waals surface area contributed by atoms with E-state index in [2.05, 4.69) is 27.2 Å². The van der Waals surface area contributed by atoms with Crippen molar-refractivity contribution >= 4 is 28.9 Å². The molecular weight excluding hydrogens is 392 g/mol. The third-order valence-corrected chi connectivity index (χ3v) is 5.02. The summed E-state index contributed by atoms with van der Waals surface area (Å²) in [6.45, 7) is 3.78. The highest BCUT2D eigenvalue weighted by atomic mass is 16.5. The number of ether oxygens (including phenoxy) is 1. The predicted octanol–water partition coefficient (Wildman–Crippen LogP) is 4.48. The number of amides is 1. The van der Waals surface area contributed by atoms with Crippen LogP contribution in [-0.4, -0.2) is 34.9 Å². The monoisotopic (exact) mass is 416 g/mol. The third-order valence-electron chi connectivity index (χ3n) is 5.02. The Morgan fingerprint density at radius 2 is 2.06 bits per heavy atom. The smallest absolute Gasteiger partial charge is 0.251 e. The molecule has 0 spiro atoms. The summed E-state index contributed by atoms with van der Waals surface area (Å²) < 4.78 is 5.17. The highest BCUT2D eigenvalue weighted by Crippen LogP contribution is 2.39. The number of hydrogen-bond acceptors (Lipinski definition) is 5. The molecule has 1 aliphatic rings. The first-order valence-corrected chi connectivity index (χ1v) is 10.2. The SMILES string of the molecule is C=CCOCC(=O)Nc1cc(-c2[nH]c3c(c2Nc2ccccc2)C(=O)CCC3)ccn1. The van der Waals surface area contributed by atoms with E-state index >= 15 is 0 Å². The van der Waals surface area contributed by atoms with E-state index in [9.17, 15) is 9.59 Å². The number of carbonyl (C=O) groups is 2. The van der Waals surface area contributed by atoms with Gasteiger partial charge in [0.15, 0.2) is 5.78 Å². The molecule has 2 heterocycles. The zero-order valence-corrected chi connectivity index (χ0v) is 17.1. The van der Waals surface area contributed by atoms with Gasteiger partial charge in [-0.05, 0) is 37.1 Å². The Kier molecular flexibility index (Phi) is 6.24. The van der Waals surface area contributed by atoms with Gasteiger partial charge in [-0.2, -0.15) is 0 Å². The molecule has 4 rings (SSSR count). The van der Waals surface area contributed by atoms with Crippen molar-refractivity contribution in [3.05, 3.63) is 72.6 Å². The molecule has 0 saturated heterocycles. The number of rotatable bonds is 8. The summed E-state index contributed by atoms with van der Waals surface area (Å²) in [6, 6.07) is 13.4. The molecule has 158 valence electrons. The minimum Gasteiger partial charge on any atom is -0.368 e. The van der Waals surface area contributed by atoms with Crippen molar-refractivity contribution in [1.82, 2.24) is 9.97 Å². The quantitative estimate of drug-likeness (QED) is 0.372. The number of ketones is 1. The molecule has 3 N–H and O–H groups in total. The van der Waals surface area contributed by atoms with Crippen LogP contribution in [0, 0.1) is 0 Å². The van der Waals surface area contributed by atoms with Crippen molar-refractivity contribution in [2.75, 3.05) is 23.8 Å². The normalized spacial score (nSPS) is 12.8. The lowest BCUT2D eigenvalue weighted by Gasteiger charge is -2.14. The number of carbonyl (C=O) groups excluding carboxylic acids is 2. The van der Waals surface area contributed by atoms with Gasteiger partial charge in [-0.3, -0.25) is 9.59 Å². The highest BCUT2D eigenvalue weighted by molar-refractivity contribution is 6.07. The third kappa shape index (κ3) is 4.73. The van der Waals surface area contributed by atoms with Gasteiger partial charge in [0, 0.05) is 29.6 Å². The number of Topliss-reactive ketones (excluding diaryl/α,β-unsaturated/α-hetero) is 1. The molecule has 0 radical (unpaired) electrons. The van der Waals surface area contributed by atoms with Crippen LogP contribution in [0.25, 0.3) is 11.3 Å². The molecule has 0 aliphatic heterocycles. The molecule has 7 heteroatoms. The van der Waals surface area contributed by atoms with Gasteiger partial charge in [-0.1, -0.05) is 24.3 Å². The van der Waals surface area contributed by atoms with Crippen LogP contribution in [0.3, 0.4) is 0 Å². The largest absolute Gasteiger partial charge is 0.368 e. The van der Waals surface area contributed by atoms with Crippen LogP contribution >= 0.6 is 0 Å². The van der Waals surface area contributed by atoms with Crippen molar-refractivity contribution in [1.29, 1.82) is 0 Å². The summed E-state index contributed by atoms with van der Waals surface area (Å²) in [6.07, 6.45) is 5.40.